The fourth-order valence-electron chi connectivity index (χ4n) is 2.69. The van der Waals surface area contributed by atoms with E-state index in [0.29, 0.717) is 0 Å². The summed E-state index contributed by atoms with van der Waals surface area (Å²) in [5.41, 5.74) is 6.38. The van der Waals surface area contributed by atoms with Gasteiger partial charge in [-0.1, -0.05) is 19.4 Å². The molecule has 92 valence electrons. The van der Waals surface area contributed by atoms with Gasteiger partial charge in [-0.3, -0.25) is 0 Å². The van der Waals surface area contributed by atoms with Crippen molar-refractivity contribution >= 4 is 5.71 Å². The minimum Gasteiger partial charge on any atom is -0.305 e. The second-order valence-corrected chi connectivity index (χ2v) is 5.23. The van der Waals surface area contributed by atoms with Crippen molar-refractivity contribution in [2.24, 2.45) is 0 Å². The summed E-state index contributed by atoms with van der Waals surface area (Å²) in [4.78, 5) is 0. The maximum Gasteiger partial charge on any atom is 0.0389 e. The van der Waals surface area contributed by atoms with Gasteiger partial charge in [0.1, 0.15) is 0 Å². The average Bonchev–Trinajstić information content (AvgIpc) is 2.49. The Bertz CT molecular complexity index is 418. The molecule has 1 aliphatic rings. The molecule has 1 aromatic rings. The first-order valence-corrected chi connectivity index (χ1v) is 6.92. The van der Waals surface area contributed by atoms with Crippen molar-refractivity contribution in [1.82, 2.24) is 0 Å². The molecule has 0 unspecified atom stereocenters. The fraction of sp³-hybridized carbons (Fsp3) is 0.562. The number of benzene rings is 1. The van der Waals surface area contributed by atoms with E-state index >= 15 is 0 Å². The third-order valence-corrected chi connectivity index (χ3v) is 3.81. The maximum atomic E-state index is 8.15. The summed E-state index contributed by atoms with van der Waals surface area (Å²) >= 11 is 0. The number of rotatable bonds is 3. The molecule has 1 nitrogen and oxygen atoms in total. The van der Waals surface area contributed by atoms with Crippen LogP contribution >= 0.6 is 0 Å². The summed E-state index contributed by atoms with van der Waals surface area (Å²) in [5, 5.41) is 8.15. The monoisotopic (exact) mass is 229 g/mol. The molecular formula is C16H23N. The first kappa shape index (κ1) is 12.3. The molecule has 0 heterocycles. The number of fused-ring (bicyclic) bond motifs is 1. The lowest BCUT2D eigenvalue weighted by molar-refractivity contribution is 0.772. The fourth-order valence-corrected chi connectivity index (χ4v) is 2.69. The molecule has 0 fully saturated rings. The normalized spacial score (nSPS) is 15.5. The highest BCUT2D eigenvalue weighted by Crippen LogP contribution is 2.25. The minimum atomic E-state index is 0.857. The van der Waals surface area contributed by atoms with Gasteiger partial charge in [0.2, 0.25) is 0 Å². The molecule has 17 heavy (non-hydrogen) atoms. The number of aryl methyl sites for hydroxylation is 3. The minimum absolute atomic E-state index is 0.857. The van der Waals surface area contributed by atoms with Gasteiger partial charge in [0.05, 0.1) is 0 Å². The molecule has 0 saturated heterocycles. The van der Waals surface area contributed by atoms with Crippen LogP contribution in [0.25, 0.3) is 0 Å². The maximum absolute atomic E-state index is 8.15. The van der Waals surface area contributed by atoms with Gasteiger partial charge in [-0.2, -0.15) is 0 Å². The third kappa shape index (κ3) is 2.77. The molecule has 0 amide bonds. The van der Waals surface area contributed by atoms with Gasteiger partial charge in [-0.15, -0.1) is 0 Å². The zero-order chi connectivity index (χ0) is 12.3. The summed E-state index contributed by atoms with van der Waals surface area (Å²) in [6.07, 6.45) is 8.21. The van der Waals surface area contributed by atoms with Crippen LogP contribution in [0.2, 0.25) is 0 Å². The zero-order valence-corrected chi connectivity index (χ0v) is 11.1. The molecule has 0 bridgehead atoms. The lowest BCUT2D eigenvalue weighted by Gasteiger charge is -2.12. The van der Waals surface area contributed by atoms with Crippen molar-refractivity contribution in [1.29, 1.82) is 5.41 Å². The van der Waals surface area contributed by atoms with Gasteiger partial charge >= 0.3 is 0 Å². The van der Waals surface area contributed by atoms with Gasteiger partial charge in [-0.25, -0.2) is 0 Å². The van der Waals surface area contributed by atoms with Gasteiger partial charge < -0.3 is 5.41 Å². The van der Waals surface area contributed by atoms with Crippen LogP contribution in [0.1, 0.15) is 61.3 Å². The molecule has 0 aliphatic heterocycles. The standard InChI is InChI=1S/C16H23N/c1-3-4-7-13-11-15-14(10-12(13)2)8-5-6-9-16(15)17/h10-11,17H,3-9H2,1-2H3. The van der Waals surface area contributed by atoms with E-state index < -0.39 is 0 Å². The molecule has 1 heteroatoms. The number of hydrogen-bond donors (Lipinski definition) is 1. The van der Waals surface area contributed by atoms with Crippen LogP contribution < -0.4 is 0 Å². The Balaban J connectivity index is 2.35. The number of unbranched alkanes of at least 4 members (excludes halogenated alkanes) is 1. The van der Waals surface area contributed by atoms with Crippen molar-refractivity contribution < 1.29 is 0 Å². The molecule has 1 N–H and O–H groups in total. The van der Waals surface area contributed by atoms with Crippen LogP contribution in [0.15, 0.2) is 12.1 Å². The zero-order valence-electron chi connectivity index (χ0n) is 11.1. The Hall–Kier alpha value is -1.11. The number of nitrogens with one attached hydrogen (secondary N) is 1. The number of hydrogen-bond acceptors (Lipinski definition) is 1. The van der Waals surface area contributed by atoms with Gasteiger partial charge in [0, 0.05) is 5.71 Å². The van der Waals surface area contributed by atoms with Crippen LogP contribution in [-0.4, -0.2) is 5.71 Å². The second-order valence-electron chi connectivity index (χ2n) is 5.23. The lowest BCUT2D eigenvalue weighted by Crippen LogP contribution is -2.03. The van der Waals surface area contributed by atoms with Crippen molar-refractivity contribution in [2.75, 3.05) is 0 Å². The van der Waals surface area contributed by atoms with E-state index in [-0.39, 0.29) is 0 Å². The molecule has 0 saturated carbocycles. The van der Waals surface area contributed by atoms with Crippen molar-refractivity contribution in [2.45, 2.75) is 58.8 Å². The summed E-state index contributed by atoms with van der Waals surface area (Å²) in [5.74, 6) is 0. The van der Waals surface area contributed by atoms with Crippen molar-refractivity contribution in [3.05, 3.63) is 34.4 Å². The van der Waals surface area contributed by atoms with E-state index in [1.807, 2.05) is 0 Å². The molecule has 0 spiro atoms. The molecule has 1 aliphatic carbocycles. The lowest BCUT2D eigenvalue weighted by atomic mass is 9.93. The summed E-state index contributed by atoms with van der Waals surface area (Å²) in [6.45, 7) is 4.46. The van der Waals surface area contributed by atoms with E-state index in [2.05, 4.69) is 26.0 Å². The van der Waals surface area contributed by atoms with Crippen LogP contribution in [0.4, 0.5) is 0 Å². The van der Waals surface area contributed by atoms with Crippen LogP contribution in [0.3, 0.4) is 0 Å². The van der Waals surface area contributed by atoms with Crippen LogP contribution in [0.5, 0.6) is 0 Å². The van der Waals surface area contributed by atoms with E-state index in [1.54, 1.807) is 0 Å². The summed E-state index contributed by atoms with van der Waals surface area (Å²) in [6, 6.07) is 4.63. The van der Waals surface area contributed by atoms with Gasteiger partial charge in [0.25, 0.3) is 0 Å². The van der Waals surface area contributed by atoms with E-state index in [9.17, 15) is 0 Å². The third-order valence-electron chi connectivity index (χ3n) is 3.81. The first-order valence-electron chi connectivity index (χ1n) is 6.92. The Kier molecular flexibility index (Phi) is 3.98. The molecule has 0 aromatic heterocycles. The predicted molar refractivity (Wildman–Crippen MR) is 74.2 cm³/mol. The van der Waals surface area contributed by atoms with Gasteiger partial charge in [0.15, 0.2) is 0 Å². The predicted octanol–water partition coefficient (Wildman–Crippen LogP) is 4.43. The Labute approximate surface area is 105 Å². The smallest absolute Gasteiger partial charge is 0.0389 e. The Morgan fingerprint density at radius 3 is 2.71 bits per heavy atom. The highest BCUT2D eigenvalue weighted by atomic mass is 14.4. The molecular weight excluding hydrogens is 206 g/mol. The highest BCUT2D eigenvalue weighted by molar-refractivity contribution is 6.00. The van der Waals surface area contributed by atoms with E-state index in [4.69, 9.17) is 5.41 Å². The van der Waals surface area contributed by atoms with E-state index in [0.717, 1.165) is 18.6 Å². The van der Waals surface area contributed by atoms with E-state index in [1.165, 1.54) is 54.4 Å². The van der Waals surface area contributed by atoms with Gasteiger partial charge in [-0.05, 0) is 73.8 Å². The Morgan fingerprint density at radius 2 is 1.94 bits per heavy atom. The highest BCUT2D eigenvalue weighted by Gasteiger charge is 2.14. The molecule has 1 aromatic carbocycles. The molecule has 2 rings (SSSR count). The largest absolute Gasteiger partial charge is 0.305 e. The molecule has 0 radical (unpaired) electrons. The van der Waals surface area contributed by atoms with Crippen molar-refractivity contribution in [3.8, 4) is 0 Å². The Morgan fingerprint density at radius 1 is 1.18 bits per heavy atom. The van der Waals surface area contributed by atoms with Crippen LogP contribution in [0, 0.1) is 12.3 Å². The summed E-state index contributed by atoms with van der Waals surface area (Å²) in [7, 11) is 0. The average molecular weight is 229 g/mol. The first-order chi connectivity index (χ1) is 8.22. The topological polar surface area (TPSA) is 23.9 Å². The quantitative estimate of drug-likeness (QED) is 0.741. The SMILES string of the molecule is CCCCc1cc2c(cc1C)CCCCC2=N. The molecule has 0 atom stereocenters. The van der Waals surface area contributed by atoms with Crippen molar-refractivity contribution in [3.63, 3.8) is 0 Å². The summed E-state index contributed by atoms with van der Waals surface area (Å²) < 4.78 is 0. The second kappa shape index (κ2) is 5.48. The van der Waals surface area contributed by atoms with Crippen LogP contribution in [-0.2, 0) is 12.8 Å².